The van der Waals surface area contributed by atoms with E-state index in [0.29, 0.717) is 16.0 Å². The van der Waals surface area contributed by atoms with Gasteiger partial charge in [-0.2, -0.15) is 0 Å². The van der Waals surface area contributed by atoms with Gasteiger partial charge in [0.15, 0.2) is 0 Å². The summed E-state index contributed by atoms with van der Waals surface area (Å²) in [6.07, 6.45) is 1.14. The quantitative estimate of drug-likeness (QED) is 0.513. The van der Waals surface area contributed by atoms with Gasteiger partial charge in [0.1, 0.15) is 0 Å². The van der Waals surface area contributed by atoms with Crippen LogP contribution in [0.4, 0.5) is 0 Å². The first-order chi connectivity index (χ1) is 10.8. The molecule has 2 rings (SSSR count). The van der Waals surface area contributed by atoms with Gasteiger partial charge in [0, 0.05) is 0 Å². The number of benzene rings is 2. The van der Waals surface area contributed by atoms with E-state index in [0.717, 1.165) is 6.42 Å². The van der Waals surface area contributed by atoms with Crippen molar-refractivity contribution in [2.75, 3.05) is 0 Å². The van der Waals surface area contributed by atoms with E-state index in [1.807, 2.05) is 32.0 Å². The predicted octanol–water partition coefficient (Wildman–Crippen LogP) is 8.01. The highest BCUT2D eigenvalue weighted by atomic mass is 35.5. The van der Waals surface area contributed by atoms with Crippen molar-refractivity contribution in [1.82, 2.24) is 0 Å². The van der Waals surface area contributed by atoms with Gasteiger partial charge >= 0.3 is 0 Å². The third-order valence-electron chi connectivity index (χ3n) is 3.59. The molecule has 0 amide bonds. The maximum absolute atomic E-state index is 5.83. The molecular formula is C21H30Cl2. The molecule has 23 heavy (non-hydrogen) atoms. The number of hydrogen-bond acceptors (Lipinski definition) is 0. The molecule has 0 fully saturated rings. The van der Waals surface area contributed by atoms with Gasteiger partial charge in [0.2, 0.25) is 0 Å². The predicted molar refractivity (Wildman–Crippen MR) is 107 cm³/mol. The Hall–Kier alpha value is -0.980. The van der Waals surface area contributed by atoms with Crippen LogP contribution in [0.5, 0.6) is 0 Å². The third-order valence-corrected chi connectivity index (χ3v) is 4.33. The molecule has 0 atom stereocenters. The van der Waals surface area contributed by atoms with Crippen molar-refractivity contribution in [1.29, 1.82) is 0 Å². The van der Waals surface area contributed by atoms with Crippen molar-refractivity contribution in [2.24, 2.45) is 0 Å². The lowest BCUT2D eigenvalue weighted by atomic mass is 10.0. The Morgan fingerprint density at radius 3 is 1.87 bits per heavy atom. The highest BCUT2D eigenvalue weighted by molar-refractivity contribution is 6.42. The van der Waals surface area contributed by atoms with E-state index in [2.05, 4.69) is 52.8 Å². The maximum Gasteiger partial charge on any atom is 0.0595 e. The molecule has 0 aliphatic heterocycles. The van der Waals surface area contributed by atoms with Crippen molar-refractivity contribution in [3.05, 3.63) is 68.7 Å². The Morgan fingerprint density at radius 1 is 0.826 bits per heavy atom. The second-order valence-electron chi connectivity index (χ2n) is 5.60. The van der Waals surface area contributed by atoms with Crippen LogP contribution >= 0.6 is 23.2 Å². The van der Waals surface area contributed by atoms with Gasteiger partial charge in [-0.1, -0.05) is 82.1 Å². The van der Waals surface area contributed by atoms with Gasteiger partial charge < -0.3 is 0 Å². The average Bonchev–Trinajstić information content (AvgIpc) is 2.55. The fourth-order valence-electron chi connectivity index (χ4n) is 1.89. The monoisotopic (exact) mass is 352 g/mol. The molecule has 0 saturated carbocycles. The van der Waals surface area contributed by atoms with Crippen LogP contribution in [0, 0.1) is 13.8 Å². The fourth-order valence-corrected chi connectivity index (χ4v) is 2.20. The molecule has 0 nitrogen and oxygen atoms in total. The molecule has 0 aliphatic rings. The van der Waals surface area contributed by atoms with E-state index in [-0.39, 0.29) is 0 Å². The van der Waals surface area contributed by atoms with Gasteiger partial charge in [0.05, 0.1) is 10.0 Å². The van der Waals surface area contributed by atoms with Crippen LogP contribution in [0.2, 0.25) is 10.0 Å². The minimum atomic E-state index is 0.504. The molecule has 0 aliphatic carbocycles. The Morgan fingerprint density at radius 2 is 1.43 bits per heavy atom. The van der Waals surface area contributed by atoms with Crippen LogP contribution in [0.1, 0.15) is 62.8 Å². The Kier molecular flexibility index (Phi) is 11.0. The Bertz CT molecular complexity index is 586. The van der Waals surface area contributed by atoms with Crippen LogP contribution in [-0.4, -0.2) is 0 Å². The fraction of sp³-hybridized carbons (Fsp3) is 0.429. The minimum absolute atomic E-state index is 0.504. The zero-order chi connectivity index (χ0) is 18.0. The van der Waals surface area contributed by atoms with Crippen LogP contribution < -0.4 is 0 Å². The van der Waals surface area contributed by atoms with Gasteiger partial charge in [-0.3, -0.25) is 0 Å². The molecule has 2 aromatic rings. The molecule has 0 saturated heterocycles. The lowest BCUT2D eigenvalue weighted by Gasteiger charge is -2.05. The van der Waals surface area contributed by atoms with E-state index in [4.69, 9.17) is 23.2 Å². The summed E-state index contributed by atoms with van der Waals surface area (Å²) in [7, 11) is 0. The standard InChI is InChI=1S/C10H14.C9H10Cl2.C2H6/c1-4-10-6-5-8(2)9(3)7-10;1-6(2)7-3-4-8(10)9(11)5-7;1-2/h5-7H,4H2,1-3H3;3-6H,1-2H3;1-2H3. The highest BCUT2D eigenvalue weighted by Crippen LogP contribution is 2.25. The van der Waals surface area contributed by atoms with E-state index >= 15 is 0 Å². The van der Waals surface area contributed by atoms with Gasteiger partial charge in [0.25, 0.3) is 0 Å². The van der Waals surface area contributed by atoms with Crippen molar-refractivity contribution in [2.45, 2.75) is 60.8 Å². The molecule has 0 bridgehead atoms. The van der Waals surface area contributed by atoms with Crippen molar-refractivity contribution in [3.8, 4) is 0 Å². The maximum atomic E-state index is 5.83. The molecule has 2 heteroatoms. The normalized spacial score (nSPS) is 9.65. The summed E-state index contributed by atoms with van der Waals surface area (Å²) in [5.74, 6) is 0.504. The molecule has 0 heterocycles. The summed E-state index contributed by atoms with van der Waals surface area (Å²) in [5.41, 5.74) is 5.44. The van der Waals surface area contributed by atoms with Crippen LogP contribution in [-0.2, 0) is 6.42 Å². The largest absolute Gasteiger partial charge is 0.0827 e. The SMILES string of the molecule is CC.CC(C)c1ccc(Cl)c(Cl)c1.CCc1ccc(C)c(C)c1. The summed E-state index contributed by atoms with van der Waals surface area (Å²) in [6.45, 7) is 14.7. The van der Waals surface area contributed by atoms with E-state index in [9.17, 15) is 0 Å². The minimum Gasteiger partial charge on any atom is -0.0827 e. The third kappa shape index (κ3) is 7.90. The van der Waals surface area contributed by atoms with Gasteiger partial charge in [-0.05, 0) is 60.6 Å². The van der Waals surface area contributed by atoms with Crippen LogP contribution in [0.3, 0.4) is 0 Å². The van der Waals surface area contributed by atoms with Crippen molar-refractivity contribution < 1.29 is 0 Å². The zero-order valence-electron chi connectivity index (χ0n) is 15.5. The molecule has 2 aromatic carbocycles. The second-order valence-corrected chi connectivity index (χ2v) is 6.41. The molecule has 128 valence electrons. The number of hydrogen-bond donors (Lipinski definition) is 0. The van der Waals surface area contributed by atoms with Gasteiger partial charge in [-0.25, -0.2) is 0 Å². The summed E-state index contributed by atoms with van der Waals surface area (Å²) in [5, 5.41) is 1.26. The first-order valence-electron chi connectivity index (χ1n) is 8.36. The smallest absolute Gasteiger partial charge is 0.0595 e. The first kappa shape index (κ1) is 22.0. The molecule has 0 spiro atoms. The lowest BCUT2D eigenvalue weighted by molar-refractivity contribution is 0.867. The lowest BCUT2D eigenvalue weighted by Crippen LogP contribution is -1.85. The second kappa shape index (κ2) is 11.5. The van der Waals surface area contributed by atoms with Crippen molar-refractivity contribution in [3.63, 3.8) is 0 Å². The Balaban J connectivity index is 0.000000381. The van der Waals surface area contributed by atoms with Crippen LogP contribution in [0.25, 0.3) is 0 Å². The average molecular weight is 353 g/mol. The summed E-state index contributed by atoms with van der Waals surface area (Å²) >= 11 is 11.6. The molecule has 0 unspecified atom stereocenters. The first-order valence-corrected chi connectivity index (χ1v) is 9.11. The number of rotatable bonds is 2. The number of aryl methyl sites for hydroxylation is 3. The molecular weight excluding hydrogens is 323 g/mol. The van der Waals surface area contributed by atoms with Crippen LogP contribution in [0.15, 0.2) is 36.4 Å². The number of halogens is 2. The summed E-state index contributed by atoms with van der Waals surface area (Å²) in [4.78, 5) is 0. The topological polar surface area (TPSA) is 0 Å². The molecule has 0 aromatic heterocycles. The zero-order valence-corrected chi connectivity index (χ0v) is 17.0. The molecule has 0 N–H and O–H groups in total. The van der Waals surface area contributed by atoms with E-state index in [1.54, 1.807) is 0 Å². The highest BCUT2D eigenvalue weighted by Gasteiger charge is 2.01. The van der Waals surface area contributed by atoms with Crippen molar-refractivity contribution >= 4 is 23.2 Å². The summed E-state index contributed by atoms with van der Waals surface area (Å²) < 4.78 is 0. The summed E-state index contributed by atoms with van der Waals surface area (Å²) in [6, 6.07) is 12.4. The van der Waals surface area contributed by atoms with E-state index < -0.39 is 0 Å². The Labute approximate surface area is 152 Å². The van der Waals surface area contributed by atoms with E-state index in [1.165, 1.54) is 22.3 Å². The molecule has 0 radical (unpaired) electrons. The van der Waals surface area contributed by atoms with Gasteiger partial charge in [-0.15, -0.1) is 0 Å².